The largest absolute Gasteiger partial charge is 0.481 e. The van der Waals surface area contributed by atoms with Crippen LogP contribution in [-0.2, 0) is 24.8 Å². The van der Waals surface area contributed by atoms with Gasteiger partial charge in [-0.2, -0.15) is 5.10 Å². The van der Waals surface area contributed by atoms with E-state index in [1.54, 1.807) is 24.0 Å². The Morgan fingerprint density at radius 2 is 2.26 bits per heavy atom. The van der Waals surface area contributed by atoms with Crippen LogP contribution in [0.2, 0.25) is 0 Å². The lowest BCUT2D eigenvalue weighted by Crippen LogP contribution is -2.24. The summed E-state index contributed by atoms with van der Waals surface area (Å²) in [7, 11) is 1.77. The van der Waals surface area contributed by atoms with Crippen LogP contribution in [-0.4, -0.2) is 26.8 Å². The van der Waals surface area contributed by atoms with Crippen molar-refractivity contribution in [3.8, 4) is 0 Å². The SMILES string of the molecule is Cn1nccc1CNC(=O)c1ccoc1CC(=O)O. The maximum Gasteiger partial charge on any atom is 0.311 e. The van der Waals surface area contributed by atoms with Crippen LogP contribution in [0.25, 0.3) is 0 Å². The molecule has 0 aliphatic heterocycles. The number of aromatic nitrogens is 2. The van der Waals surface area contributed by atoms with E-state index in [9.17, 15) is 9.59 Å². The Hall–Kier alpha value is -2.57. The average Bonchev–Trinajstić information content (AvgIpc) is 2.95. The first kappa shape index (κ1) is 12.9. The Morgan fingerprint density at radius 3 is 2.89 bits per heavy atom. The third kappa shape index (κ3) is 3.01. The van der Waals surface area contributed by atoms with Gasteiger partial charge in [-0.3, -0.25) is 14.3 Å². The molecular formula is C12H13N3O4. The smallest absolute Gasteiger partial charge is 0.311 e. The lowest BCUT2D eigenvalue weighted by Gasteiger charge is -2.05. The maximum atomic E-state index is 11.9. The van der Waals surface area contributed by atoms with Crippen LogP contribution in [0.1, 0.15) is 21.8 Å². The van der Waals surface area contributed by atoms with Gasteiger partial charge in [-0.05, 0) is 12.1 Å². The summed E-state index contributed by atoms with van der Waals surface area (Å²) < 4.78 is 6.64. The number of nitrogens with zero attached hydrogens (tertiary/aromatic N) is 2. The van der Waals surface area contributed by atoms with Gasteiger partial charge in [0.15, 0.2) is 0 Å². The molecule has 1 amide bonds. The molecule has 0 unspecified atom stereocenters. The molecule has 0 spiro atoms. The first-order chi connectivity index (χ1) is 9.08. The van der Waals surface area contributed by atoms with Gasteiger partial charge in [-0.1, -0.05) is 0 Å². The zero-order valence-electron chi connectivity index (χ0n) is 10.3. The normalized spacial score (nSPS) is 10.4. The number of carboxylic acids is 1. The molecule has 19 heavy (non-hydrogen) atoms. The summed E-state index contributed by atoms with van der Waals surface area (Å²) in [5, 5.41) is 15.4. The van der Waals surface area contributed by atoms with Crippen LogP contribution in [0, 0.1) is 0 Å². The van der Waals surface area contributed by atoms with Crippen LogP contribution in [0.3, 0.4) is 0 Å². The van der Waals surface area contributed by atoms with Crippen LogP contribution in [0.4, 0.5) is 0 Å². The molecular weight excluding hydrogens is 250 g/mol. The first-order valence-corrected chi connectivity index (χ1v) is 5.61. The maximum absolute atomic E-state index is 11.9. The lowest BCUT2D eigenvalue weighted by molar-refractivity contribution is -0.136. The van der Waals surface area contributed by atoms with Gasteiger partial charge in [0.25, 0.3) is 5.91 Å². The van der Waals surface area contributed by atoms with Crippen molar-refractivity contribution in [2.24, 2.45) is 7.05 Å². The Balaban J connectivity index is 2.02. The number of carboxylic acid groups (broad SMARTS) is 1. The van der Waals surface area contributed by atoms with E-state index in [0.717, 1.165) is 5.69 Å². The first-order valence-electron chi connectivity index (χ1n) is 5.61. The minimum Gasteiger partial charge on any atom is -0.481 e. The fraction of sp³-hybridized carbons (Fsp3) is 0.250. The van der Waals surface area contributed by atoms with Crippen molar-refractivity contribution >= 4 is 11.9 Å². The van der Waals surface area contributed by atoms with Crippen LogP contribution < -0.4 is 5.32 Å². The fourth-order valence-electron chi connectivity index (χ4n) is 1.66. The fourth-order valence-corrected chi connectivity index (χ4v) is 1.66. The van der Waals surface area contributed by atoms with Crippen molar-refractivity contribution < 1.29 is 19.1 Å². The molecule has 0 fully saturated rings. The van der Waals surface area contributed by atoms with Crippen molar-refractivity contribution in [1.82, 2.24) is 15.1 Å². The zero-order valence-corrected chi connectivity index (χ0v) is 10.3. The van der Waals surface area contributed by atoms with Gasteiger partial charge in [0, 0.05) is 13.2 Å². The molecule has 100 valence electrons. The Kier molecular flexibility index (Phi) is 3.65. The minimum absolute atomic E-state index is 0.148. The zero-order chi connectivity index (χ0) is 13.8. The second-order valence-corrected chi connectivity index (χ2v) is 3.96. The summed E-state index contributed by atoms with van der Waals surface area (Å²) in [6.07, 6.45) is 2.62. The van der Waals surface area contributed by atoms with Gasteiger partial charge in [0.2, 0.25) is 0 Å². The Labute approximate surface area is 108 Å². The van der Waals surface area contributed by atoms with E-state index in [0.29, 0.717) is 6.54 Å². The second-order valence-electron chi connectivity index (χ2n) is 3.96. The van der Waals surface area contributed by atoms with Crippen LogP contribution >= 0.6 is 0 Å². The number of hydrogen-bond donors (Lipinski definition) is 2. The second kappa shape index (κ2) is 5.38. The third-order valence-electron chi connectivity index (χ3n) is 2.65. The van der Waals surface area contributed by atoms with Gasteiger partial charge in [-0.25, -0.2) is 0 Å². The highest BCUT2D eigenvalue weighted by molar-refractivity contribution is 5.95. The summed E-state index contributed by atoms with van der Waals surface area (Å²) >= 11 is 0. The number of carbonyl (C=O) groups is 2. The summed E-state index contributed by atoms with van der Waals surface area (Å²) in [4.78, 5) is 22.5. The molecule has 2 aromatic heterocycles. The number of aryl methyl sites for hydroxylation is 1. The molecule has 0 aliphatic rings. The molecule has 2 heterocycles. The number of hydrogen-bond acceptors (Lipinski definition) is 4. The number of nitrogens with one attached hydrogen (secondary N) is 1. The molecule has 0 saturated carbocycles. The van der Waals surface area contributed by atoms with Crippen molar-refractivity contribution in [3.05, 3.63) is 41.6 Å². The van der Waals surface area contributed by atoms with Gasteiger partial charge < -0.3 is 14.8 Å². The highest BCUT2D eigenvalue weighted by Crippen LogP contribution is 2.11. The predicted molar refractivity (Wildman–Crippen MR) is 64.4 cm³/mol. The molecule has 0 aromatic carbocycles. The minimum atomic E-state index is -1.05. The summed E-state index contributed by atoms with van der Waals surface area (Å²) in [6.45, 7) is 0.313. The molecule has 2 N–H and O–H groups in total. The van der Waals surface area contributed by atoms with Crippen molar-refractivity contribution in [3.63, 3.8) is 0 Å². The molecule has 0 radical (unpaired) electrons. The van der Waals surface area contributed by atoms with Gasteiger partial charge >= 0.3 is 5.97 Å². The van der Waals surface area contributed by atoms with Crippen molar-refractivity contribution in [2.45, 2.75) is 13.0 Å². The molecule has 7 heteroatoms. The van der Waals surface area contributed by atoms with Gasteiger partial charge in [0.05, 0.1) is 24.1 Å². The summed E-state index contributed by atoms with van der Waals surface area (Å²) in [6, 6.07) is 3.24. The number of furan rings is 1. The van der Waals surface area contributed by atoms with E-state index in [1.165, 1.54) is 12.3 Å². The van der Waals surface area contributed by atoms with E-state index < -0.39 is 5.97 Å². The molecule has 7 nitrogen and oxygen atoms in total. The van der Waals surface area contributed by atoms with E-state index in [1.807, 2.05) is 0 Å². The molecule has 0 saturated heterocycles. The molecule has 0 bridgehead atoms. The Morgan fingerprint density at radius 1 is 1.47 bits per heavy atom. The monoisotopic (exact) mass is 263 g/mol. The average molecular weight is 263 g/mol. The summed E-state index contributed by atoms with van der Waals surface area (Å²) in [5.41, 5.74) is 1.08. The number of amides is 1. The molecule has 2 aromatic rings. The molecule has 2 rings (SSSR count). The van der Waals surface area contributed by atoms with E-state index in [4.69, 9.17) is 9.52 Å². The Bertz CT molecular complexity index is 600. The highest BCUT2D eigenvalue weighted by Gasteiger charge is 2.16. The molecule has 0 aliphatic carbocycles. The standard InChI is InChI=1S/C12H13N3O4/c1-15-8(2-4-14-15)7-13-12(18)9-3-5-19-10(9)6-11(16)17/h2-5H,6-7H2,1H3,(H,13,18)(H,16,17). The van der Waals surface area contributed by atoms with Crippen LogP contribution in [0.5, 0.6) is 0 Å². The highest BCUT2D eigenvalue weighted by atomic mass is 16.4. The van der Waals surface area contributed by atoms with E-state index in [-0.39, 0.29) is 23.7 Å². The van der Waals surface area contributed by atoms with Crippen molar-refractivity contribution in [1.29, 1.82) is 0 Å². The predicted octanol–water partition coefficient (Wildman–Crippen LogP) is 0.570. The van der Waals surface area contributed by atoms with Gasteiger partial charge in [0.1, 0.15) is 12.2 Å². The van der Waals surface area contributed by atoms with Crippen LogP contribution in [0.15, 0.2) is 29.0 Å². The quantitative estimate of drug-likeness (QED) is 0.822. The lowest BCUT2D eigenvalue weighted by atomic mass is 10.2. The molecule has 0 atom stereocenters. The third-order valence-corrected chi connectivity index (χ3v) is 2.65. The van der Waals surface area contributed by atoms with E-state index in [2.05, 4.69) is 10.4 Å². The summed E-state index contributed by atoms with van der Waals surface area (Å²) in [5.74, 6) is -1.27. The van der Waals surface area contributed by atoms with E-state index >= 15 is 0 Å². The topological polar surface area (TPSA) is 97.4 Å². The number of carbonyl (C=O) groups excluding carboxylic acids is 1. The number of rotatable bonds is 5. The van der Waals surface area contributed by atoms with Crippen molar-refractivity contribution in [2.75, 3.05) is 0 Å². The number of aliphatic carboxylic acids is 1. The van der Waals surface area contributed by atoms with Gasteiger partial charge in [-0.15, -0.1) is 0 Å².